The van der Waals surface area contributed by atoms with Crippen LogP contribution in [0.15, 0.2) is 18.2 Å². The van der Waals surface area contributed by atoms with Crippen LogP contribution < -0.4 is 4.74 Å². The zero-order chi connectivity index (χ0) is 13.0. The van der Waals surface area contributed by atoms with E-state index in [-0.39, 0.29) is 6.04 Å². The van der Waals surface area contributed by atoms with E-state index in [4.69, 9.17) is 4.74 Å². The second kappa shape index (κ2) is 5.82. The first kappa shape index (κ1) is 12.8. The van der Waals surface area contributed by atoms with Gasteiger partial charge in [0.1, 0.15) is 6.04 Å². The van der Waals surface area contributed by atoms with Crippen molar-refractivity contribution in [2.45, 2.75) is 31.8 Å². The van der Waals surface area contributed by atoms with Crippen molar-refractivity contribution in [3.8, 4) is 5.88 Å². The van der Waals surface area contributed by atoms with Crippen molar-refractivity contribution >= 4 is 5.97 Å². The summed E-state index contributed by atoms with van der Waals surface area (Å²) in [5.41, 5.74) is 0.850. The molecule has 1 aliphatic rings. The van der Waals surface area contributed by atoms with E-state index in [0.29, 0.717) is 12.4 Å². The molecule has 0 aromatic carbocycles. The number of pyridine rings is 1. The Morgan fingerprint density at radius 2 is 2.39 bits per heavy atom. The number of hydrogen-bond acceptors (Lipinski definition) is 4. The summed E-state index contributed by atoms with van der Waals surface area (Å²) in [6.45, 7) is 1.38. The Bertz CT molecular complexity index is 422. The fourth-order valence-corrected chi connectivity index (χ4v) is 2.33. The monoisotopic (exact) mass is 250 g/mol. The van der Waals surface area contributed by atoms with Crippen LogP contribution in [0.5, 0.6) is 5.88 Å². The molecule has 0 unspecified atom stereocenters. The molecular formula is C13H18N2O3. The average molecular weight is 250 g/mol. The molecule has 0 saturated carbocycles. The number of piperidine rings is 1. The molecule has 98 valence electrons. The highest BCUT2D eigenvalue weighted by atomic mass is 16.5. The lowest BCUT2D eigenvalue weighted by Crippen LogP contribution is -2.44. The zero-order valence-corrected chi connectivity index (χ0v) is 10.5. The number of carboxylic acids is 1. The number of carbonyl (C=O) groups is 1. The Morgan fingerprint density at radius 1 is 1.56 bits per heavy atom. The van der Waals surface area contributed by atoms with Crippen LogP contribution in [0.2, 0.25) is 0 Å². The van der Waals surface area contributed by atoms with E-state index < -0.39 is 5.97 Å². The van der Waals surface area contributed by atoms with Gasteiger partial charge in [0.15, 0.2) is 0 Å². The molecule has 0 amide bonds. The van der Waals surface area contributed by atoms with E-state index in [1.54, 1.807) is 13.2 Å². The molecule has 1 atom stereocenters. The maximum atomic E-state index is 11.2. The average Bonchev–Trinajstić information content (AvgIpc) is 2.39. The minimum absolute atomic E-state index is 0.383. The van der Waals surface area contributed by atoms with Gasteiger partial charge in [-0.05, 0) is 25.5 Å². The van der Waals surface area contributed by atoms with Gasteiger partial charge in [-0.3, -0.25) is 9.69 Å². The van der Waals surface area contributed by atoms with Crippen LogP contribution in [0, 0.1) is 0 Å². The lowest BCUT2D eigenvalue weighted by atomic mass is 10.0. The van der Waals surface area contributed by atoms with Gasteiger partial charge < -0.3 is 9.84 Å². The molecule has 2 rings (SSSR count). The summed E-state index contributed by atoms with van der Waals surface area (Å²) >= 11 is 0. The Hall–Kier alpha value is -1.62. The fraction of sp³-hybridized carbons (Fsp3) is 0.538. The van der Waals surface area contributed by atoms with Gasteiger partial charge in [-0.25, -0.2) is 4.98 Å². The molecule has 1 saturated heterocycles. The molecule has 1 aliphatic heterocycles. The summed E-state index contributed by atoms with van der Waals surface area (Å²) in [4.78, 5) is 17.5. The fourth-order valence-electron chi connectivity index (χ4n) is 2.33. The van der Waals surface area contributed by atoms with Crippen molar-refractivity contribution in [3.63, 3.8) is 0 Å². The molecule has 0 radical (unpaired) electrons. The molecule has 5 heteroatoms. The van der Waals surface area contributed by atoms with Crippen LogP contribution in [0.3, 0.4) is 0 Å². The number of aliphatic carboxylic acids is 1. The number of likely N-dealkylation sites (tertiary alicyclic amines) is 1. The minimum Gasteiger partial charge on any atom is -0.481 e. The third-order valence-electron chi connectivity index (χ3n) is 3.25. The summed E-state index contributed by atoms with van der Waals surface area (Å²) in [5.74, 6) is -0.172. The maximum absolute atomic E-state index is 11.2. The number of carboxylic acid groups (broad SMARTS) is 1. The predicted molar refractivity (Wildman–Crippen MR) is 66.5 cm³/mol. The topological polar surface area (TPSA) is 62.7 Å². The third-order valence-corrected chi connectivity index (χ3v) is 3.25. The number of nitrogens with zero attached hydrogens (tertiary/aromatic N) is 2. The van der Waals surface area contributed by atoms with Gasteiger partial charge in [0, 0.05) is 12.6 Å². The largest absolute Gasteiger partial charge is 0.481 e. The maximum Gasteiger partial charge on any atom is 0.320 e. The lowest BCUT2D eigenvalue weighted by molar-refractivity contribution is -0.144. The second-order valence-electron chi connectivity index (χ2n) is 4.49. The SMILES string of the molecule is COc1cccc(CN2CCCC[C@@H]2C(=O)O)n1. The summed E-state index contributed by atoms with van der Waals surface area (Å²) in [6, 6.07) is 5.18. The smallest absolute Gasteiger partial charge is 0.320 e. The second-order valence-corrected chi connectivity index (χ2v) is 4.49. The first-order valence-corrected chi connectivity index (χ1v) is 6.17. The molecule has 2 heterocycles. The molecular weight excluding hydrogens is 232 g/mol. The predicted octanol–water partition coefficient (Wildman–Crippen LogP) is 1.53. The van der Waals surface area contributed by atoms with Crippen molar-refractivity contribution in [2.75, 3.05) is 13.7 Å². The van der Waals surface area contributed by atoms with Crippen molar-refractivity contribution < 1.29 is 14.6 Å². The van der Waals surface area contributed by atoms with Gasteiger partial charge >= 0.3 is 5.97 Å². The summed E-state index contributed by atoms with van der Waals surface area (Å²) < 4.78 is 5.07. The van der Waals surface area contributed by atoms with Crippen LogP contribution in [0.25, 0.3) is 0 Å². The number of rotatable bonds is 4. The molecule has 1 aromatic heterocycles. The van der Waals surface area contributed by atoms with Gasteiger partial charge in [-0.15, -0.1) is 0 Å². The van der Waals surface area contributed by atoms with Crippen molar-refractivity contribution in [3.05, 3.63) is 23.9 Å². The van der Waals surface area contributed by atoms with E-state index in [1.165, 1.54) is 0 Å². The van der Waals surface area contributed by atoms with Gasteiger partial charge in [0.2, 0.25) is 5.88 Å². The molecule has 1 aromatic rings. The van der Waals surface area contributed by atoms with E-state index in [1.807, 2.05) is 17.0 Å². The van der Waals surface area contributed by atoms with Crippen LogP contribution in [0.1, 0.15) is 25.0 Å². The Morgan fingerprint density at radius 3 is 3.11 bits per heavy atom. The molecule has 18 heavy (non-hydrogen) atoms. The van der Waals surface area contributed by atoms with Crippen molar-refractivity contribution in [1.82, 2.24) is 9.88 Å². The standard InChI is InChI=1S/C13H18N2O3/c1-18-12-7-4-5-10(14-12)9-15-8-3-2-6-11(15)13(16)17/h4-5,7,11H,2-3,6,8-9H2,1H3,(H,16,17)/t11-/m1/s1. The minimum atomic E-state index is -0.738. The van der Waals surface area contributed by atoms with Crippen LogP contribution >= 0.6 is 0 Å². The van der Waals surface area contributed by atoms with E-state index in [9.17, 15) is 9.90 Å². The molecule has 0 spiro atoms. The molecule has 5 nitrogen and oxygen atoms in total. The van der Waals surface area contributed by atoms with E-state index >= 15 is 0 Å². The molecule has 1 N–H and O–H groups in total. The number of hydrogen-bond donors (Lipinski definition) is 1. The van der Waals surface area contributed by atoms with Crippen molar-refractivity contribution in [2.24, 2.45) is 0 Å². The Kier molecular flexibility index (Phi) is 4.15. The van der Waals surface area contributed by atoms with Gasteiger partial charge in [-0.1, -0.05) is 12.5 Å². The number of ether oxygens (including phenoxy) is 1. The normalized spacial score (nSPS) is 20.6. The molecule has 0 bridgehead atoms. The Balaban J connectivity index is 2.08. The first-order chi connectivity index (χ1) is 8.70. The van der Waals surface area contributed by atoms with Crippen LogP contribution in [-0.2, 0) is 11.3 Å². The first-order valence-electron chi connectivity index (χ1n) is 6.17. The van der Waals surface area contributed by atoms with Crippen molar-refractivity contribution in [1.29, 1.82) is 0 Å². The highest BCUT2D eigenvalue weighted by molar-refractivity contribution is 5.73. The third kappa shape index (κ3) is 2.98. The molecule has 0 aliphatic carbocycles. The number of methoxy groups -OCH3 is 1. The lowest BCUT2D eigenvalue weighted by Gasteiger charge is -2.32. The molecule has 1 fully saturated rings. The van der Waals surface area contributed by atoms with Gasteiger partial charge in [-0.2, -0.15) is 0 Å². The van der Waals surface area contributed by atoms with Gasteiger partial charge in [0.05, 0.1) is 12.8 Å². The van der Waals surface area contributed by atoms with Crippen LogP contribution in [0.4, 0.5) is 0 Å². The highest BCUT2D eigenvalue weighted by Gasteiger charge is 2.28. The summed E-state index contributed by atoms with van der Waals surface area (Å²) in [7, 11) is 1.58. The highest BCUT2D eigenvalue weighted by Crippen LogP contribution is 2.20. The summed E-state index contributed by atoms with van der Waals surface area (Å²) in [5, 5.41) is 9.20. The van der Waals surface area contributed by atoms with Gasteiger partial charge in [0.25, 0.3) is 0 Å². The quantitative estimate of drug-likeness (QED) is 0.878. The van der Waals surface area contributed by atoms with E-state index in [0.717, 1.165) is 31.5 Å². The Labute approximate surface area is 106 Å². The zero-order valence-electron chi connectivity index (χ0n) is 10.5. The van der Waals surface area contributed by atoms with Crippen LogP contribution in [-0.4, -0.2) is 40.7 Å². The van der Waals surface area contributed by atoms with E-state index in [2.05, 4.69) is 4.98 Å². The summed E-state index contributed by atoms with van der Waals surface area (Å²) in [6.07, 6.45) is 2.76. The number of aromatic nitrogens is 1.